The largest absolute Gasteiger partial charge is 0.379 e. The second-order valence-corrected chi connectivity index (χ2v) is 4.81. The van der Waals surface area contributed by atoms with Gasteiger partial charge in [0.15, 0.2) is 0 Å². The molecule has 2 unspecified atom stereocenters. The van der Waals surface area contributed by atoms with Crippen molar-refractivity contribution in [1.82, 2.24) is 4.90 Å². The molecule has 0 radical (unpaired) electrons. The maximum Gasteiger partial charge on any atom is 0.0619 e. The molecule has 0 spiro atoms. The monoisotopic (exact) mass is 217 g/mol. The van der Waals surface area contributed by atoms with Crippen LogP contribution < -0.4 is 0 Å². The molecule has 3 heteroatoms. The van der Waals surface area contributed by atoms with Gasteiger partial charge in [-0.3, -0.25) is 4.90 Å². The topological polar surface area (TPSA) is 12.5 Å². The predicted molar refractivity (Wildman–Crippen MR) is 64.1 cm³/mol. The molecule has 0 aromatic heterocycles. The van der Waals surface area contributed by atoms with Gasteiger partial charge >= 0.3 is 0 Å². The van der Waals surface area contributed by atoms with Crippen LogP contribution in [0.25, 0.3) is 0 Å². The maximum atomic E-state index is 5.41. The Morgan fingerprint density at radius 1 is 1.50 bits per heavy atom. The predicted octanol–water partition coefficient (Wildman–Crippen LogP) is 2.05. The minimum atomic E-state index is 0.604. The van der Waals surface area contributed by atoms with E-state index in [1.54, 1.807) is 0 Å². The normalized spacial score (nSPS) is 26.4. The van der Waals surface area contributed by atoms with Gasteiger partial charge in [-0.2, -0.15) is 12.6 Å². The average molecular weight is 217 g/mol. The summed E-state index contributed by atoms with van der Waals surface area (Å²) >= 11 is 4.26. The van der Waals surface area contributed by atoms with Gasteiger partial charge in [-0.25, -0.2) is 0 Å². The molecule has 0 bridgehead atoms. The number of morpholine rings is 1. The second kappa shape index (κ2) is 6.70. The lowest BCUT2D eigenvalue weighted by atomic mass is 10.0. The van der Waals surface area contributed by atoms with Crippen LogP contribution in [0, 0.1) is 5.92 Å². The van der Waals surface area contributed by atoms with Crippen molar-refractivity contribution >= 4 is 12.6 Å². The Balaban J connectivity index is 2.15. The summed E-state index contributed by atoms with van der Waals surface area (Å²) in [6.45, 7) is 8.71. The van der Waals surface area contributed by atoms with Crippen LogP contribution in [-0.4, -0.2) is 43.0 Å². The summed E-state index contributed by atoms with van der Waals surface area (Å²) in [7, 11) is 0. The van der Waals surface area contributed by atoms with Gasteiger partial charge in [0, 0.05) is 12.6 Å². The molecule has 0 saturated carbocycles. The standard InChI is InChI=1S/C11H23NOS/c1-10(4-8-14)3-5-12-6-7-13-9-11(12)2/h10-11,14H,3-9H2,1-2H3. The fourth-order valence-electron chi connectivity index (χ4n) is 1.84. The third-order valence-electron chi connectivity index (χ3n) is 3.04. The SMILES string of the molecule is CC(CCS)CCN1CCOCC1C. The quantitative estimate of drug-likeness (QED) is 0.708. The third kappa shape index (κ3) is 4.20. The van der Waals surface area contributed by atoms with E-state index in [0.717, 1.165) is 31.4 Å². The number of hydrogen-bond acceptors (Lipinski definition) is 3. The maximum absolute atomic E-state index is 5.41. The fourth-order valence-corrected chi connectivity index (χ4v) is 2.29. The highest BCUT2D eigenvalue weighted by Gasteiger charge is 2.18. The van der Waals surface area contributed by atoms with E-state index in [9.17, 15) is 0 Å². The second-order valence-electron chi connectivity index (χ2n) is 4.37. The third-order valence-corrected chi connectivity index (χ3v) is 3.29. The van der Waals surface area contributed by atoms with Gasteiger partial charge in [-0.05, 0) is 38.0 Å². The number of rotatable bonds is 5. The van der Waals surface area contributed by atoms with Crippen molar-refractivity contribution in [3.05, 3.63) is 0 Å². The van der Waals surface area contributed by atoms with Crippen molar-refractivity contribution in [3.63, 3.8) is 0 Å². The van der Waals surface area contributed by atoms with E-state index in [1.807, 2.05) is 0 Å². The number of ether oxygens (including phenoxy) is 1. The molecule has 0 aromatic rings. The van der Waals surface area contributed by atoms with Crippen LogP contribution in [0.3, 0.4) is 0 Å². The van der Waals surface area contributed by atoms with Crippen LogP contribution in [0.4, 0.5) is 0 Å². The first-order chi connectivity index (χ1) is 6.74. The van der Waals surface area contributed by atoms with E-state index in [4.69, 9.17) is 4.74 Å². The molecule has 0 N–H and O–H groups in total. The first-order valence-corrected chi connectivity index (χ1v) is 6.30. The molecule has 1 fully saturated rings. The zero-order chi connectivity index (χ0) is 10.4. The van der Waals surface area contributed by atoms with Crippen LogP contribution >= 0.6 is 12.6 Å². The molecular weight excluding hydrogens is 194 g/mol. The lowest BCUT2D eigenvalue weighted by Gasteiger charge is -2.33. The molecule has 1 aliphatic heterocycles. The number of thiol groups is 1. The summed E-state index contributed by atoms with van der Waals surface area (Å²) in [5.74, 6) is 1.82. The van der Waals surface area contributed by atoms with Crippen LogP contribution in [0.2, 0.25) is 0 Å². The van der Waals surface area contributed by atoms with Crippen molar-refractivity contribution in [2.45, 2.75) is 32.7 Å². The van der Waals surface area contributed by atoms with Crippen LogP contribution in [0.5, 0.6) is 0 Å². The first kappa shape index (κ1) is 12.3. The summed E-state index contributed by atoms with van der Waals surface area (Å²) in [6.07, 6.45) is 2.53. The molecular formula is C11H23NOS. The zero-order valence-electron chi connectivity index (χ0n) is 9.41. The summed E-state index contributed by atoms with van der Waals surface area (Å²) < 4.78 is 5.41. The van der Waals surface area contributed by atoms with E-state index in [1.165, 1.54) is 19.4 Å². The van der Waals surface area contributed by atoms with E-state index < -0.39 is 0 Å². The molecule has 0 aromatic carbocycles. The molecule has 1 saturated heterocycles. The zero-order valence-corrected chi connectivity index (χ0v) is 10.3. The minimum absolute atomic E-state index is 0.604. The molecule has 84 valence electrons. The van der Waals surface area contributed by atoms with E-state index in [-0.39, 0.29) is 0 Å². The van der Waals surface area contributed by atoms with Crippen LogP contribution in [0.15, 0.2) is 0 Å². The summed E-state index contributed by atoms with van der Waals surface area (Å²) in [6, 6.07) is 0.604. The minimum Gasteiger partial charge on any atom is -0.379 e. The molecule has 1 aliphatic rings. The van der Waals surface area contributed by atoms with E-state index in [2.05, 4.69) is 31.4 Å². The highest BCUT2D eigenvalue weighted by atomic mass is 32.1. The van der Waals surface area contributed by atoms with Crippen molar-refractivity contribution in [2.24, 2.45) is 5.92 Å². The molecule has 0 amide bonds. The van der Waals surface area contributed by atoms with Gasteiger partial charge < -0.3 is 4.74 Å². The van der Waals surface area contributed by atoms with Gasteiger partial charge in [0.2, 0.25) is 0 Å². The molecule has 0 aliphatic carbocycles. The Hall–Kier alpha value is 0.270. The van der Waals surface area contributed by atoms with E-state index >= 15 is 0 Å². The van der Waals surface area contributed by atoms with Crippen LogP contribution in [0.1, 0.15) is 26.7 Å². The summed E-state index contributed by atoms with van der Waals surface area (Å²) in [5.41, 5.74) is 0. The van der Waals surface area contributed by atoms with Gasteiger partial charge in [-0.1, -0.05) is 6.92 Å². The lowest BCUT2D eigenvalue weighted by molar-refractivity contribution is -0.00228. The van der Waals surface area contributed by atoms with Crippen molar-refractivity contribution in [1.29, 1.82) is 0 Å². The van der Waals surface area contributed by atoms with E-state index in [0.29, 0.717) is 6.04 Å². The molecule has 1 rings (SSSR count). The highest BCUT2D eigenvalue weighted by Crippen LogP contribution is 2.12. The lowest BCUT2D eigenvalue weighted by Crippen LogP contribution is -2.44. The highest BCUT2D eigenvalue weighted by molar-refractivity contribution is 7.80. The number of hydrogen-bond donors (Lipinski definition) is 1. The van der Waals surface area contributed by atoms with Crippen molar-refractivity contribution in [2.75, 3.05) is 32.1 Å². The van der Waals surface area contributed by atoms with Gasteiger partial charge in [0.05, 0.1) is 13.2 Å². The van der Waals surface area contributed by atoms with Gasteiger partial charge in [0.25, 0.3) is 0 Å². The Morgan fingerprint density at radius 3 is 2.93 bits per heavy atom. The van der Waals surface area contributed by atoms with Gasteiger partial charge in [0.1, 0.15) is 0 Å². The average Bonchev–Trinajstić information content (AvgIpc) is 2.17. The molecule has 1 heterocycles. The summed E-state index contributed by atoms with van der Waals surface area (Å²) in [5, 5.41) is 0. The smallest absolute Gasteiger partial charge is 0.0619 e. The first-order valence-electron chi connectivity index (χ1n) is 5.66. The fraction of sp³-hybridized carbons (Fsp3) is 1.00. The molecule has 2 atom stereocenters. The summed E-state index contributed by atoms with van der Waals surface area (Å²) in [4.78, 5) is 2.54. The van der Waals surface area contributed by atoms with Crippen molar-refractivity contribution in [3.8, 4) is 0 Å². The number of nitrogens with zero attached hydrogens (tertiary/aromatic N) is 1. The van der Waals surface area contributed by atoms with Gasteiger partial charge in [-0.15, -0.1) is 0 Å². The Bertz CT molecular complexity index is 154. The van der Waals surface area contributed by atoms with Crippen LogP contribution in [-0.2, 0) is 4.74 Å². The Kier molecular flexibility index (Phi) is 5.90. The Labute approximate surface area is 93.4 Å². The molecule has 2 nitrogen and oxygen atoms in total. The van der Waals surface area contributed by atoms with Crippen molar-refractivity contribution < 1.29 is 4.74 Å². The Morgan fingerprint density at radius 2 is 2.29 bits per heavy atom. The molecule has 14 heavy (non-hydrogen) atoms.